The molecule has 0 aliphatic carbocycles. The summed E-state index contributed by atoms with van der Waals surface area (Å²) in [4.78, 5) is 2.62. The Morgan fingerprint density at radius 1 is 1.12 bits per heavy atom. The molecule has 0 spiro atoms. The Labute approximate surface area is 105 Å². The van der Waals surface area contributed by atoms with Gasteiger partial charge in [0.05, 0.1) is 0 Å². The zero-order chi connectivity index (χ0) is 12.3. The van der Waals surface area contributed by atoms with Crippen LogP contribution in [-0.2, 0) is 0 Å². The Balaban J connectivity index is 2.18. The van der Waals surface area contributed by atoms with Crippen molar-refractivity contribution in [1.29, 1.82) is 0 Å². The molecule has 0 radical (unpaired) electrons. The second-order valence-corrected chi connectivity index (χ2v) is 5.28. The van der Waals surface area contributed by atoms with Crippen molar-refractivity contribution in [2.45, 2.75) is 39.3 Å². The average molecular weight is 229 g/mol. The molecule has 0 unspecified atom stereocenters. The molecular weight excluding hydrogens is 206 g/mol. The molecule has 0 saturated carbocycles. The van der Waals surface area contributed by atoms with E-state index in [1.54, 1.807) is 0 Å². The fourth-order valence-electron chi connectivity index (χ4n) is 2.70. The quantitative estimate of drug-likeness (QED) is 0.707. The SMILES string of the molecule is CC(C)[C@H]1C=CCCN1[C@H](C)c1ccccc1. The minimum atomic E-state index is 0.508. The lowest BCUT2D eigenvalue weighted by atomic mass is 9.95. The molecule has 1 heterocycles. The first kappa shape index (κ1) is 12.4. The average Bonchev–Trinajstić information content (AvgIpc) is 2.39. The fraction of sp³-hybridized carbons (Fsp3) is 0.500. The third kappa shape index (κ3) is 2.78. The van der Waals surface area contributed by atoms with Crippen LogP contribution in [0.3, 0.4) is 0 Å². The van der Waals surface area contributed by atoms with Gasteiger partial charge in [-0.3, -0.25) is 4.90 Å². The van der Waals surface area contributed by atoms with Gasteiger partial charge < -0.3 is 0 Å². The zero-order valence-corrected chi connectivity index (χ0v) is 11.1. The molecule has 17 heavy (non-hydrogen) atoms. The monoisotopic (exact) mass is 229 g/mol. The highest BCUT2D eigenvalue weighted by molar-refractivity contribution is 5.19. The summed E-state index contributed by atoms with van der Waals surface area (Å²) in [5, 5.41) is 0. The summed E-state index contributed by atoms with van der Waals surface area (Å²) in [7, 11) is 0. The van der Waals surface area contributed by atoms with Crippen molar-refractivity contribution in [3.63, 3.8) is 0 Å². The van der Waals surface area contributed by atoms with Crippen LogP contribution in [0.25, 0.3) is 0 Å². The Kier molecular flexibility index (Phi) is 4.01. The number of benzene rings is 1. The van der Waals surface area contributed by atoms with Crippen LogP contribution in [-0.4, -0.2) is 17.5 Å². The molecule has 0 bridgehead atoms. The molecule has 2 rings (SSSR count). The molecule has 1 aromatic carbocycles. The molecule has 1 heteroatoms. The zero-order valence-electron chi connectivity index (χ0n) is 11.1. The molecule has 0 aromatic heterocycles. The molecule has 1 aliphatic rings. The van der Waals surface area contributed by atoms with Gasteiger partial charge in [0.25, 0.3) is 0 Å². The highest BCUT2D eigenvalue weighted by atomic mass is 15.2. The molecular formula is C16H23N. The van der Waals surface area contributed by atoms with Gasteiger partial charge in [-0.2, -0.15) is 0 Å². The van der Waals surface area contributed by atoms with Crippen LogP contribution < -0.4 is 0 Å². The number of hydrogen-bond acceptors (Lipinski definition) is 1. The van der Waals surface area contributed by atoms with Gasteiger partial charge in [0, 0.05) is 18.6 Å². The maximum Gasteiger partial charge on any atom is 0.0326 e. The number of nitrogens with zero attached hydrogens (tertiary/aromatic N) is 1. The van der Waals surface area contributed by atoms with Gasteiger partial charge >= 0.3 is 0 Å². The molecule has 1 aliphatic heterocycles. The Morgan fingerprint density at radius 2 is 1.82 bits per heavy atom. The first-order valence-corrected chi connectivity index (χ1v) is 6.67. The maximum atomic E-state index is 2.62. The van der Waals surface area contributed by atoms with Crippen LogP contribution in [0.4, 0.5) is 0 Å². The Bertz CT molecular complexity index is 366. The predicted octanol–water partition coefficient (Wildman–Crippen LogP) is 4.03. The first-order chi connectivity index (χ1) is 8.20. The van der Waals surface area contributed by atoms with Gasteiger partial charge in [-0.25, -0.2) is 0 Å². The molecule has 0 fully saturated rings. The van der Waals surface area contributed by atoms with E-state index in [1.807, 2.05) is 0 Å². The van der Waals surface area contributed by atoms with Gasteiger partial charge in [-0.15, -0.1) is 0 Å². The third-order valence-electron chi connectivity index (χ3n) is 3.73. The van der Waals surface area contributed by atoms with Crippen LogP contribution in [0.2, 0.25) is 0 Å². The third-order valence-corrected chi connectivity index (χ3v) is 3.73. The minimum absolute atomic E-state index is 0.508. The van der Waals surface area contributed by atoms with Crippen LogP contribution in [0.5, 0.6) is 0 Å². The molecule has 2 atom stereocenters. The lowest BCUT2D eigenvalue weighted by molar-refractivity contribution is 0.134. The summed E-state index contributed by atoms with van der Waals surface area (Å²) in [5.74, 6) is 0.678. The van der Waals surface area contributed by atoms with Crippen LogP contribution >= 0.6 is 0 Å². The Morgan fingerprint density at radius 3 is 2.47 bits per heavy atom. The summed E-state index contributed by atoms with van der Waals surface area (Å²) >= 11 is 0. The largest absolute Gasteiger partial charge is 0.290 e. The van der Waals surface area contributed by atoms with Crippen molar-refractivity contribution >= 4 is 0 Å². The standard InChI is InChI=1S/C16H23N/c1-13(2)16-11-7-8-12-17(16)14(3)15-9-5-4-6-10-15/h4-7,9-11,13-14,16H,8,12H2,1-3H3/t14-,16-/m1/s1. The lowest BCUT2D eigenvalue weighted by Gasteiger charge is -2.39. The van der Waals surface area contributed by atoms with E-state index in [0.717, 1.165) is 0 Å². The second kappa shape index (κ2) is 5.50. The summed E-state index contributed by atoms with van der Waals surface area (Å²) in [6, 6.07) is 11.9. The molecule has 92 valence electrons. The van der Waals surface area contributed by atoms with Crippen LogP contribution in [0.15, 0.2) is 42.5 Å². The van der Waals surface area contributed by atoms with Crippen molar-refractivity contribution in [3.05, 3.63) is 48.0 Å². The van der Waals surface area contributed by atoms with E-state index in [1.165, 1.54) is 18.5 Å². The predicted molar refractivity (Wildman–Crippen MR) is 73.9 cm³/mol. The fourth-order valence-corrected chi connectivity index (χ4v) is 2.70. The first-order valence-electron chi connectivity index (χ1n) is 6.67. The number of hydrogen-bond donors (Lipinski definition) is 0. The Hall–Kier alpha value is -1.08. The lowest BCUT2D eigenvalue weighted by Crippen LogP contribution is -2.41. The summed E-state index contributed by atoms with van der Waals surface area (Å²) in [6.07, 6.45) is 5.90. The molecule has 1 nitrogen and oxygen atoms in total. The molecule has 1 aromatic rings. The summed E-state index contributed by atoms with van der Waals surface area (Å²) in [5.41, 5.74) is 1.42. The van der Waals surface area contributed by atoms with Crippen molar-refractivity contribution < 1.29 is 0 Å². The summed E-state index contributed by atoms with van der Waals surface area (Å²) in [6.45, 7) is 8.12. The van der Waals surface area contributed by atoms with Gasteiger partial charge in [0.1, 0.15) is 0 Å². The van der Waals surface area contributed by atoms with Gasteiger partial charge in [-0.05, 0) is 24.8 Å². The van der Waals surface area contributed by atoms with Crippen LogP contribution in [0, 0.1) is 5.92 Å². The van der Waals surface area contributed by atoms with E-state index in [2.05, 4.69) is 68.2 Å². The molecule has 0 amide bonds. The van der Waals surface area contributed by atoms with E-state index in [9.17, 15) is 0 Å². The van der Waals surface area contributed by atoms with Crippen LogP contribution in [0.1, 0.15) is 38.8 Å². The minimum Gasteiger partial charge on any atom is -0.290 e. The van der Waals surface area contributed by atoms with E-state index in [4.69, 9.17) is 0 Å². The molecule has 0 saturated heterocycles. The van der Waals surface area contributed by atoms with Crippen molar-refractivity contribution in [2.75, 3.05) is 6.54 Å². The highest BCUT2D eigenvalue weighted by Gasteiger charge is 2.26. The van der Waals surface area contributed by atoms with Gasteiger partial charge in [0.2, 0.25) is 0 Å². The smallest absolute Gasteiger partial charge is 0.0326 e. The second-order valence-electron chi connectivity index (χ2n) is 5.28. The topological polar surface area (TPSA) is 3.24 Å². The van der Waals surface area contributed by atoms with E-state index < -0.39 is 0 Å². The van der Waals surface area contributed by atoms with E-state index >= 15 is 0 Å². The van der Waals surface area contributed by atoms with E-state index in [-0.39, 0.29) is 0 Å². The normalized spacial score (nSPS) is 22.9. The number of rotatable bonds is 3. The highest BCUT2D eigenvalue weighted by Crippen LogP contribution is 2.28. The summed E-state index contributed by atoms with van der Waals surface area (Å²) < 4.78 is 0. The van der Waals surface area contributed by atoms with Crippen molar-refractivity contribution in [2.24, 2.45) is 5.92 Å². The molecule has 0 N–H and O–H groups in total. The van der Waals surface area contributed by atoms with E-state index in [0.29, 0.717) is 18.0 Å². The van der Waals surface area contributed by atoms with Crippen molar-refractivity contribution in [3.8, 4) is 0 Å². The van der Waals surface area contributed by atoms with Gasteiger partial charge in [-0.1, -0.05) is 56.3 Å². The maximum absolute atomic E-state index is 2.62. The van der Waals surface area contributed by atoms with Gasteiger partial charge in [0.15, 0.2) is 0 Å². The van der Waals surface area contributed by atoms with Crippen molar-refractivity contribution in [1.82, 2.24) is 4.90 Å².